The number of aryl methyl sites for hydroxylation is 1. The molecule has 1 N–H and O–H groups in total. The summed E-state index contributed by atoms with van der Waals surface area (Å²) < 4.78 is 11.4. The number of thiophene rings is 1. The molecule has 2 fully saturated rings. The standard InChI is InChI=1S/C15H23NO2S/c1-11-12(9-17-10-14-3-2-6-18-14)7-15(19-11)8-16-13-4-5-13/h7,13-14,16H,2-6,8-10H2,1H3. The molecule has 1 unspecified atom stereocenters. The fraction of sp³-hybridized carbons (Fsp3) is 0.733. The highest BCUT2D eigenvalue weighted by atomic mass is 32.1. The zero-order chi connectivity index (χ0) is 13.1. The first-order valence-corrected chi connectivity index (χ1v) is 8.14. The number of ether oxygens (including phenoxy) is 2. The van der Waals surface area contributed by atoms with Crippen LogP contribution in [0.25, 0.3) is 0 Å². The van der Waals surface area contributed by atoms with E-state index in [1.165, 1.54) is 34.6 Å². The van der Waals surface area contributed by atoms with Crippen LogP contribution in [0, 0.1) is 6.92 Å². The molecule has 0 radical (unpaired) electrons. The molecule has 19 heavy (non-hydrogen) atoms. The molecule has 1 aromatic rings. The molecule has 1 aliphatic heterocycles. The van der Waals surface area contributed by atoms with E-state index in [0.717, 1.165) is 38.8 Å². The van der Waals surface area contributed by atoms with E-state index < -0.39 is 0 Å². The smallest absolute Gasteiger partial charge is 0.0809 e. The van der Waals surface area contributed by atoms with E-state index in [1.807, 2.05) is 11.3 Å². The molecule has 4 heteroatoms. The summed E-state index contributed by atoms with van der Waals surface area (Å²) in [5.41, 5.74) is 1.34. The van der Waals surface area contributed by atoms with E-state index in [0.29, 0.717) is 6.10 Å². The molecule has 0 amide bonds. The Labute approximate surface area is 119 Å². The molecule has 2 aliphatic rings. The lowest BCUT2D eigenvalue weighted by Crippen LogP contribution is -2.14. The summed E-state index contributed by atoms with van der Waals surface area (Å²) in [6, 6.07) is 3.08. The maximum absolute atomic E-state index is 5.80. The first-order valence-electron chi connectivity index (χ1n) is 7.32. The minimum atomic E-state index is 0.329. The van der Waals surface area contributed by atoms with Gasteiger partial charge in [-0.1, -0.05) is 0 Å². The Hall–Kier alpha value is -0.420. The van der Waals surface area contributed by atoms with Crippen molar-refractivity contribution in [2.45, 2.75) is 57.9 Å². The van der Waals surface area contributed by atoms with E-state index >= 15 is 0 Å². The predicted molar refractivity (Wildman–Crippen MR) is 77.5 cm³/mol. The van der Waals surface area contributed by atoms with Crippen LogP contribution in [-0.4, -0.2) is 25.4 Å². The van der Waals surface area contributed by atoms with Crippen LogP contribution in [-0.2, 0) is 22.6 Å². The van der Waals surface area contributed by atoms with Gasteiger partial charge in [0.2, 0.25) is 0 Å². The Morgan fingerprint density at radius 2 is 2.32 bits per heavy atom. The Balaban J connectivity index is 1.43. The zero-order valence-corrected chi connectivity index (χ0v) is 12.4. The highest BCUT2D eigenvalue weighted by molar-refractivity contribution is 7.12. The molecular weight excluding hydrogens is 258 g/mol. The number of hydrogen-bond donors (Lipinski definition) is 1. The lowest BCUT2D eigenvalue weighted by Gasteiger charge is -2.09. The predicted octanol–water partition coefficient (Wildman–Crippen LogP) is 3.00. The average molecular weight is 281 g/mol. The SMILES string of the molecule is Cc1sc(CNC2CC2)cc1COCC1CCCO1. The van der Waals surface area contributed by atoms with Gasteiger partial charge in [0.1, 0.15) is 0 Å². The van der Waals surface area contributed by atoms with Gasteiger partial charge >= 0.3 is 0 Å². The minimum Gasteiger partial charge on any atom is -0.376 e. The topological polar surface area (TPSA) is 30.5 Å². The van der Waals surface area contributed by atoms with Gasteiger partial charge in [-0.05, 0) is 44.2 Å². The van der Waals surface area contributed by atoms with Crippen molar-refractivity contribution in [3.63, 3.8) is 0 Å². The number of nitrogens with one attached hydrogen (secondary N) is 1. The monoisotopic (exact) mass is 281 g/mol. The number of rotatable bonds is 7. The molecule has 3 rings (SSSR count). The summed E-state index contributed by atoms with van der Waals surface area (Å²) in [5.74, 6) is 0. The van der Waals surface area contributed by atoms with Crippen LogP contribution in [0.4, 0.5) is 0 Å². The van der Waals surface area contributed by atoms with E-state index in [-0.39, 0.29) is 0 Å². The summed E-state index contributed by atoms with van der Waals surface area (Å²) in [4.78, 5) is 2.82. The summed E-state index contributed by atoms with van der Waals surface area (Å²) in [6.07, 6.45) is 5.36. The molecular formula is C15H23NO2S. The van der Waals surface area contributed by atoms with Gasteiger partial charge < -0.3 is 14.8 Å². The maximum Gasteiger partial charge on any atom is 0.0809 e. The highest BCUT2D eigenvalue weighted by Gasteiger charge is 2.20. The van der Waals surface area contributed by atoms with Crippen LogP contribution in [0.5, 0.6) is 0 Å². The van der Waals surface area contributed by atoms with Gasteiger partial charge in [0, 0.05) is 28.9 Å². The van der Waals surface area contributed by atoms with Crippen molar-refractivity contribution in [3.8, 4) is 0 Å². The second kappa shape index (κ2) is 6.35. The Morgan fingerprint density at radius 3 is 3.05 bits per heavy atom. The van der Waals surface area contributed by atoms with Crippen molar-refractivity contribution >= 4 is 11.3 Å². The van der Waals surface area contributed by atoms with E-state index in [2.05, 4.69) is 18.3 Å². The molecule has 1 saturated heterocycles. The average Bonchev–Trinajstić information content (AvgIpc) is 2.96. The molecule has 1 atom stereocenters. The minimum absolute atomic E-state index is 0.329. The van der Waals surface area contributed by atoms with Crippen LogP contribution >= 0.6 is 11.3 Å². The highest BCUT2D eigenvalue weighted by Crippen LogP contribution is 2.25. The van der Waals surface area contributed by atoms with Crippen LogP contribution in [0.1, 0.15) is 41.0 Å². The van der Waals surface area contributed by atoms with Gasteiger partial charge in [-0.15, -0.1) is 11.3 Å². The van der Waals surface area contributed by atoms with Crippen molar-refractivity contribution in [1.82, 2.24) is 5.32 Å². The third-order valence-electron chi connectivity index (χ3n) is 3.80. The third-order valence-corrected chi connectivity index (χ3v) is 4.89. The van der Waals surface area contributed by atoms with Crippen LogP contribution < -0.4 is 5.32 Å². The summed E-state index contributed by atoms with van der Waals surface area (Å²) in [5, 5.41) is 3.56. The summed E-state index contributed by atoms with van der Waals surface area (Å²) in [6.45, 7) is 5.58. The van der Waals surface area contributed by atoms with Crippen LogP contribution in [0.15, 0.2) is 6.07 Å². The van der Waals surface area contributed by atoms with Crippen LogP contribution in [0.2, 0.25) is 0 Å². The van der Waals surface area contributed by atoms with Crippen molar-refractivity contribution in [1.29, 1.82) is 0 Å². The fourth-order valence-electron chi connectivity index (χ4n) is 2.43. The van der Waals surface area contributed by atoms with Crippen molar-refractivity contribution in [3.05, 3.63) is 21.4 Å². The van der Waals surface area contributed by atoms with Crippen molar-refractivity contribution in [2.24, 2.45) is 0 Å². The first kappa shape index (κ1) is 13.6. The zero-order valence-electron chi connectivity index (χ0n) is 11.6. The Kier molecular flexibility index (Phi) is 4.53. The fourth-order valence-corrected chi connectivity index (χ4v) is 3.43. The van der Waals surface area contributed by atoms with Gasteiger partial charge in [-0.3, -0.25) is 0 Å². The van der Waals surface area contributed by atoms with E-state index in [4.69, 9.17) is 9.47 Å². The normalized spacial score (nSPS) is 23.1. The van der Waals surface area contributed by atoms with Crippen molar-refractivity contribution < 1.29 is 9.47 Å². The second-order valence-electron chi connectivity index (χ2n) is 5.60. The molecule has 0 aromatic carbocycles. The molecule has 0 spiro atoms. The molecule has 1 aliphatic carbocycles. The van der Waals surface area contributed by atoms with Gasteiger partial charge in [0.25, 0.3) is 0 Å². The molecule has 2 heterocycles. The van der Waals surface area contributed by atoms with Crippen LogP contribution in [0.3, 0.4) is 0 Å². The molecule has 3 nitrogen and oxygen atoms in total. The Morgan fingerprint density at radius 1 is 1.42 bits per heavy atom. The first-order chi connectivity index (χ1) is 9.31. The summed E-state index contributed by atoms with van der Waals surface area (Å²) in [7, 11) is 0. The third kappa shape index (κ3) is 4.02. The van der Waals surface area contributed by atoms with Crippen molar-refractivity contribution in [2.75, 3.05) is 13.2 Å². The quantitative estimate of drug-likeness (QED) is 0.833. The van der Waals surface area contributed by atoms with Gasteiger partial charge in [0.15, 0.2) is 0 Å². The molecule has 106 valence electrons. The number of hydrogen-bond acceptors (Lipinski definition) is 4. The van der Waals surface area contributed by atoms with E-state index in [9.17, 15) is 0 Å². The van der Waals surface area contributed by atoms with Gasteiger partial charge in [-0.25, -0.2) is 0 Å². The maximum atomic E-state index is 5.80. The molecule has 1 aromatic heterocycles. The molecule has 1 saturated carbocycles. The molecule has 0 bridgehead atoms. The lowest BCUT2D eigenvalue weighted by molar-refractivity contribution is 0.0105. The second-order valence-corrected chi connectivity index (χ2v) is 6.94. The largest absolute Gasteiger partial charge is 0.376 e. The van der Waals surface area contributed by atoms with Gasteiger partial charge in [0.05, 0.1) is 19.3 Å². The summed E-state index contributed by atoms with van der Waals surface area (Å²) >= 11 is 1.89. The van der Waals surface area contributed by atoms with Gasteiger partial charge in [-0.2, -0.15) is 0 Å². The Bertz CT molecular complexity index is 408. The van der Waals surface area contributed by atoms with E-state index in [1.54, 1.807) is 0 Å². The lowest BCUT2D eigenvalue weighted by atomic mass is 10.2.